The van der Waals surface area contributed by atoms with Gasteiger partial charge in [0.05, 0.1) is 6.67 Å². The molecule has 2 N–H and O–H groups in total. The number of carbonyl (C=O) groups excluding carboxylic acids is 1. The Kier molecular flexibility index (Phi) is 4.07. The van der Waals surface area contributed by atoms with Gasteiger partial charge in [0, 0.05) is 5.56 Å². The van der Waals surface area contributed by atoms with Crippen LogP contribution in [0.25, 0.3) is 0 Å². The van der Waals surface area contributed by atoms with Crippen molar-refractivity contribution in [2.24, 2.45) is 0 Å². The van der Waals surface area contributed by atoms with E-state index in [0.717, 1.165) is 0 Å². The average molecular weight is 220 g/mol. The lowest BCUT2D eigenvalue weighted by atomic mass is 9.87. The Morgan fingerprint density at radius 2 is 1.75 bits per heavy atom. The summed E-state index contributed by atoms with van der Waals surface area (Å²) in [5, 5.41) is 5.63. The topological polar surface area (TPSA) is 41.1 Å². The second-order valence-electron chi connectivity index (χ2n) is 4.86. The monoisotopic (exact) mass is 220 g/mol. The molecule has 0 heterocycles. The Labute approximate surface area is 97.2 Å². The van der Waals surface area contributed by atoms with Crippen LogP contribution >= 0.6 is 0 Å². The molecule has 16 heavy (non-hydrogen) atoms. The number of rotatable bonds is 3. The highest BCUT2D eigenvalue weighted by atomic mass is 16.1. The number of carbonyl (C=O) groups is 1. The predicted molar refractivity (Wildman–Crippen MR) is 66.5 cm³/mol. The van der Waals surface area contributed by atoms with Gasteiger partial charge in [0.2, 0.25) is 0 Å². The van der Waals surface area contributed by atoms with Crippen LogP contribution in [0.15, 0.2) is 24.3 Å². The van der Waals surface area contributed by atoms with Crippen LogP contribution in [-0.4, -0.2) is 19.6 Å². The molecule has 0 saturated heterocycles. The minimum Gasteiger partial charge on any atom is -0.339 e. The molecule has 0 aliphatic heterocycles. The maximum atomic E-state index is 11.6. The molecule has 3 nitrogen and oxygen atoms in total. The molecule has 0 unspecified atom stereocenters. The number of benzene rings is 1. The second kappa shape index (κ2) is 5.12. The van der Waals surface area contributed by atoms with Gasteiger partial charge in [-0.25, -0.2) is 0 Å². The van der Waals surface area contributed by atoms with Gasteiger partial charge in [-0.2, -0.15) is 0 Å². The third-order valence-corrected chi connectivity index (χ3v) is 2.44. The second-order valence-corrected chi connectivity index (χ2v) is 4.86. The van der Waals surface area contributed by atoms with E-state index in [2.05, 4.69) is 31.4 Å². The van der Waals surface area contributed by atoms with Gasteiger partial charge in [-0.05, 0) is 30.2 Å². The highest BCUT2D eigenvalue weighted by Gasteiger charge is 2.13. The van der Waals surface area contributed by atoms with Gasteiger partial charge in [-0.3, -0.25) is 4.79 Å². The van der Waals surface area contributed by atoms with Crippen LogP contribution in [0.3, 0.4) is 0 Å². The minimum atomic E-state index is -0.0465. The molecule has 3 heteroatoms. The zero-order valence-electron chi connectivity index (χ0n) is 10.4. The van der Waals surface area contributed by atoms with Gasteiger partial charge in [0.1, 0.15) is 0 Å². The summed E-state index contributed by atoms with van der Waals surface area (Å²) in [7, 11) is 1.79. The molecule has 0 atom stereocenters. The van der Waals surface area contributed by atoms with Crippen molar-refractivity contribution in [3.8, 4) is 0 Å². The summed E-state index contributed by atoms with van der Waals surface area (Å²) in [6, 6.07) is 7.75. The maximum absolute atomic E-state index is 11.6. The van der Waals surface area contributed by atoms with Crippen molar-refractivity contribution in [3.63, 3.8) is 0 Å². The molecule has 1 rings (SSSR count). The Balaban J connectivity index is 2.75. The lowest BCUT2D eigenvalue weighted by Crippen LogP contribution is -2.31. The lowest BCUT2D eigenvalue weighted by Gasteiger charge is -2.19. The van der Waals surface area contributed by atoms with Crippen molar-refractivity contribution in [3.05, 3.63) is 35.4 Å². The van der Waals surface area contributed by atoms with E-state index < -0.39 is 0 Å². The summed E-state index contributed by atoms with van der Waals surface area (Å²) in [4.78, 5) is 11.6. The zero-order chi connectivity index (χ0) is 12.2. The number of hydrogen-bond donors (Lipinski definition) is 2. The third kappa shape index (κ3) is 3.35. The van der Waals surface area contributed by atoms with E-state index in [1.54, 1.807) is 7.05 Å². The molecular formula is C13H20N2O. The summed E-state index contributed by atoms with van der Waals surface area (Å²) in [5.74, 6) is -0.0465. The molecule has 0 aliphatic carbocycles. The number of nitrogens with one attached hydrogen (secondary N) is 2. The van der Waals surface area contributed by atoms with E-state index in [-0.39, 0.29) is 11.3 Å². The van der Waals surface area contributed by atoms with Crippen LogP contribution in [0, 0.1) is 0 Å². The molecule has 1 amide bonds. The standard InChI is InChI=1S/C13H20N2O/c1-13(2,3)11-7-5-10(6-8-11)12(16)15-9-14-4/h5-8,14H,9H2,1-4H3,(H,15,16). The number of amides is 1. The lowest BCUT2D eigenvalue weighted by molar-refractivity contribution is 0.0951. The van der Waals surface area contributed by atoms with Crippen molar-refractivity contribution < 1.29 is 4.79 Å². The smallest absolute Gasteiger partial charge is 0.252 e. The van der Waals surface area contributed by atoms with Crippen molar-refractivity contribution >= 4 is 5.91 Å². The van der Waals surface area contributed by atoms with Crippen LogP contribution < -0.4 is 10.6 Å². The Hall–Kier alpha value is -1.35. The third-order valence-electron chi connectivity index (χ3n) is 2.44. The normalized spacial score (nSPS) is 11.2. The summed E-state index contributed by atoms with van der Waals surface area (Å²) in [6.45, 7) is 6.95. The van der Waals surface area contributed by atoms with Crippen molar-refractivity contribution in [1.82, 2.24) is 10.6 Å². The van der Waals surface area contributed by atoms with E-state index in [0.29, 0.717) is 12.2 Å². The fourth-order valence-corrected chi connectivity index (χ4v) is 1.39. The summed E-state index contributed by atoms with van der Waals surface area (Å²) in [5.41, 5.74) is 2.06. The average Bonchev–Trinajstić information content (AvgIpc) is 2.25. The molecule has 0 saturated carbocycles. The van der Waals surface area contributed by atoms with Gasteiger partial charge in [0.25, 0.3) is 5.91 Å². The van der Waals surface area contributed by atoms with Crippen molar-refractivity contribution in [2.75, 3.05) is 13.7 Å². The fraction of sp³-hybridized carbons (Fsp3) is 0.462. The Morgan fingerprint density at radius 3 is 2.19 bits per heavy atom. The quantitative estimate of drug-likeness (QED) is 0.764. The largest absolute Gasteiger partial charge is 0.339 e. The molecule has 1 aromatic rings. The molecule has 1 aromatic carbocycles. The molecule has 0 bridgehead atoms. The van der Waals surface area contributed by atoms with E-state index in [9.17, 15) is 4.79 Å². The van der Waals surface area contributed by atoms with Crippen LogP contribution in [0.1, 0.15) is 36.7 Å². The van der Waals surface area contributed by atoms with E-state index in [1.807, 2.05) is 24.3 Å². The van der Waals surface area contributed by atoms with Gasteiger partial charge in [0.15, 0.2) is 0 Å². The molecule has 0 aliphatic rings. The molecule has 0 aromatic heterocycles. The molecule has 88 valence electrons. The van der Waals surface area contributed by atoms with Crippen LogP contribution in [0.2, 0.25) is 0 Å². The maximum Gasteiger partial charge on any atom is 0.252 e. The molecule has 0 spiro atoms. The first-order valence-electron chi connectivity index (χ1n) is 5.48. The van der Waals surface area contributed by atoms with Crippen molar-refractivity contribution in [1.29, 1.82) is 0 Å². The van der Waals surface area contributed by atoms with Gasteiger partial charge >= 0.3 is 0 Å². The van der Waals surface area contributed by atoms with Gasteiger partial charge < -0.3 is 10.6 Å². The summed E-state index contributed by atoms with van der Waals surface area (Å²) in [6.07, 6.45) is 0. The van der Waals surface area contributed by atoms with E-state index in [1.165, 1.54) is 5.56 Å². The van der Waals surface area contributed by atoms with E-state index in [4.69, 9.17) is 0 Å². The Bertz CT molecular complexity index is 349. The Morgan fingerprint density at radius 1 is 1.19 bits per heavy atom. The zero-order valence-corrected chi connectivity index (χ0v) is 10.4. The summed E-state index contributed by atoms with van der Waals surface area (Å²) >= 11 is 0. The predicted octanol–water partition coefficient (Wildman–Crippen LogP) is 1.89. The number of hydrogen-bond acceptors (Lipinski definition) is 2. The highest BCUT2D eigenvalue weighted by molar-refractivity contribution is 5.94. The van der Waals surface area contributed by atoms with Crippen LogP contribution in [0.5, 0.6) is 0 Å². The van der Waals surface area contributed by atoms with Gasteiger partial charge in [-0.15, -0.1) is 0 Å². The van der Waals surface area contributed by atoms with Crippen LogP contribution in [0.4, 0.5) is 0 Å². The van der Waals surface area contributed by atoms with Crippen LogP contribution in [-0.2, 0) is 5.41 Å². The molecule has 0 fully saturated rings. The fourth-order valence-electron chi connectivity index (χ4n) is 1.39. The van der Waals surface area contributed by atoms with E-state index >= 15 is 0 Å². The molecule has 0 radical (unpaired) electrons. The van der Waals surface area contributed by atoms with Crippen molar-refractivity contribution in [2.45, 2.75) is 26.2 Å². The first-order valence-corrected chi connectivity index (χ1v) is 5.48. The molecular weight excluding hydrogens is 200 g/mol. The first kappa shape index (κ1) is 12.7. The first-order chi connectivity index (χ1) is 7.45. The van der Waals surface area contributed by atoms with Gasteiger partial charge in [-0.1, -0.05) is 32.9 Å². The summed E-state index contributed by atoms with van der Waals surface area (Å²) < 4.78 is 0. The SMILES string of the molecule is CNCNC(=O)c1ccc(C(C)(C)C)cc1. The highest BCUT2D eigenvalue weighted by Crippen LogP contribution is 2.21. The minimum absolute atomic E-state index is 0.0465.